The number of ketones is 1. The Balaban J connectivity index is 0.00000225. The molecule has 2 N–H and O–H groups in total. The predicted octanol–water partition coefficient (Wildman–Crippen LogP) is 4.16. The van der Waals surface area contributed by atoms with E-state index in [1.807, 2.05) is 11.0 Å². The number of rotatable bonds is 5. The van der Waals surface area contributed by atoms with Crippen molar-refractivity contribution < 1.29 is 19.9 Å². The molecule has 2 aromatic carbocycles. The number of hydrogen-bond acceptors (Lipinski definition) is 7. The van der Waals surface area contributed by atoms with E-state index in [0.717, 1.165) is 17.8 Å². The molecule has 8 nitrogen and oxygen atoms in total. The number of halogens is 4. The first-order valence-electron chi connectivity index (χ1n) is 8.42. The zero-order valence-corrected chi connectivity index (χ0v) is 18.6. The number of nitro benzene ring substituents is 1. The van der Waals surface area contributed by atoms with Crippen LogP contribution >= 0.6 is 48.0 Å². The summed E-state index contributed by atoms with van der Waals surface area (Å²) in [6.07, 6.45) is 0. The molecule has 1 aliphatic rings. The van der Waals surface area contributed by atoms with Gasteiger partial charge in [-0.05, 0) is 24.3 Å². The SMILES string of the molecule is Cl.Cl.O=C(CN1CCN(c2ccc(Cl)c(Cl)c2)CC1)c1cc(O)c(O)c([N+](=O)[O-])c1. The average molecular weight is 499 g/mol. The number of carbonyl (C=O) groups is 1. The van der Waals surface area contributed by atoms with Crippen molar-refractivity contribution in [3.8, 4) is 11.5 Å². The van der Waals surface area contributed by atoms with Gasteiger partial charge in [-0.25, -0.2) is 0 Å². The van der Waals surface area contributed by atoms with Crippen molar-refractivity contribution >= 4 is 65.2 Å². The zero-order valence-electron chi connectivity index (χ0n) is 15.5. The van der Waals surface area contributed by atoms with Gasteiger partial charge in [0.2, 0.25) is 5.75 Å². The molecule has 1 aliphatic heterocycles. The van der Waals surface area contributed by atoms with Crippen molar-refractivity contribution in [3.05, 3.63) is 56.1 Å². The molecule has 0 radical (unpaired) electrons. The van der Waals surface area contributed by atoms with E-state index in [4.69, 9.17) is 23.2 Å². The van der Waals surface area contributed by atoms with Crippen molar-refractivity contribution in [2.24, 2.45) is 0 Å². The lowest BCUT2D eigenvalue weighted by atomic mass is 10.1. The van der Waals surface area contributed by atoms with Gasteiger partial charge in [-0.1, -0.05) is 23.2 Å². The number of benzene rings is 2. The maximum absolute atomic E-state index is 12.5. The van der Waals surface area contributed by atoms with Crippen LogP contribution in [0.25, 0.3) is 0 Å². The third kappa shape index (κ3) is 5.80. The van der Waals surface area contributed by atoms with Crippen molar-refractivity contribution in [2.75, 3.05) is 37.6 Å². The summed E-state index contributed by atoms with van der Waals surface area (Å²) in [5, 5.41) is 31.1. The van der Waals surface area contributed by atoms with Crippen molar-refractivity contribution in [2.45, 2.75) is 0 Å². The summed E-state index contributed by atoms with van der Waals surface area (Å²) in [6, 6.07) is 7.43. The lowest BCUT2D eigenvalue weighted by Crippen LogP contribution is -2.48. The van der Waals surface area contributed by atoms with Gasteiger partial charge in [0.05, 0.1) is 21.5 Å². The minimum Gasteiger partial charge on any atom is -0.504 e. The van der Waals surface area contributed by atoms with Crippen molar-refractivity contribution in [1.29, 1.82) is 0 Å². The molecule has 1 heterocycles. The van der Waals surface area contributed by atoms with Gasteiger partial charge in [0.15, 0.2) is 11.5 Å². The molecule has 0 unspecified atom stereocenters. The maximum atomic E-state index is 12.5. The normalized spacial score (nSPS) is 13.9. The lowest BCUT2D eigenvalue weighted by Gasteiger charge is -2.35. The summed E-state index contributed by atoms with van der Waals surface area (Å²) in [7, 11) is 0. The minimum absolute atomic E-state index is 0. The van der Waals surface area contributed by atoms with Crippen molar-refractivity contribution in [1.82, 2.24) is 4.90 Å². The van der Waals surface area contributed by atoms with E-state index >= 15 is 0 Å². The molecule has 164 valence electrons. The van der Waals surface area contributed by atoms with Crippen LogP contribution in [0.5, 0.6) is 11.5 Å². The van der Waals surface area contributed by atoms with Gasteiger partial charge < -0.3 is 15.1 Å². The Labute approximate surface area is 195 Å². The molecule has 12 heteroatoms. The first kappa shape index (κ1) is 26.1. The Morgan fingerprint density at radius 3 is 2.23 bits per heavy atom. The Morgan fingerprint density at radius 2 is 1.67 bits per heavy atom. The summed E-state index contributed by atoms with van der Waals surface area (Å²) >= 11 is 12.0. The number of anilines is 1. The molecule has 1 saturated heterocycles. The van der Waals surface area contributed by atoms with Crippen LogP contribution in [-0.4, -0.2) is 58.5 Å². The van der Waals surface area contributed by atoms with E-state index in [1.54, 1.807) is 12.1 Å². The highest BCUT2D eigenvalue weighted by Gasteiger charge is 2.24. The van der Waals surface area contributed by atoms with Crippen molar-refractivity contribution in [3.63, 3.8) is 0 Å². The van der Waals surface area contributed by atoms with E-state index in [1.165, 1.54) is 0 Å². The second-order valence-corrected chi connectivity index (χ2v) is 7.22. The fourth-order valence-electron chi connectivity index (χ4n) is 3.04. The maximum Gasteiger partial charge on any atom is 0.315 e. The molecule has 30 heavy (non-hydrogen) atoms. The van der Waals surface area contributed by atoms with Crippen LogP contribution in [0.1, 0.15) is 10.4 Å². The summed E-state index contributed by atoms with van der Waals surface area (Å²) in [6.45, 7) is 2.62. The molecule has 0 atom stereocenters. The largest absolute Gasteiger partial charge is 0.504 e. The standard InChI is InChI=1S/C18H17Cl2N3O5.2ClH/c19-13-2-1-12(9-14(13)20)22-5-3-21(4-6-22)10-17(25)11-7-15(23(27)28)18(26)16(24)8-11;;/h1-2,7-9,24,26H,3-6,10H2;2*1H. The Hall–Kier alpha value is -1.97. The van der Waals surface area contributed by atoms with Gasteiger partial charge in [0.25, 0.3) is 0 Å². The minimum atomic E-state index is -0.850. The smallest absolute Gasteiger partial charge is 0.315 e. The molecule has 0 amide bonds. The third-order valence-corrected chi connectivity index (χ3v) is 5.34. The Morgan fingerprint density at radius 1 is 1.03 bits per heavy atom. The number of Topliss-reactive ketones (excluding diaryl/α,β-unsaturated/α-hetero) is 1. The van der Waals surface area contributed by atoms with Crippen LogP contribution < -0.4 is 4.90 Å². The van der Waals surface area contributed by atoms with E-state index in [9.17, 15) is 25.1 Å². The van der Waals surface area contributed by atoms with Crippen LogP contribution in [0.4, 0.5) is 11.4 Å². The molecule has 0 spiro atoms. The molecule has 2 aromatic rings. The fraction of sp³-hybridized carbons (Fsp3) is 0.278. The molecule has 0 aliphatic carbocycles. The second kappa shape index (κ2) is 10.9. The Kier molecular flexibility index (Phi) is 9.45. The molecule has 0 bridgehead atoms. The topological polar surface area (TPSA) is 107 Å². The van der Waals surface area contributed by atoms with Crippen LogP contribution in [0, 0.1) is 10.1 Å². The Bertz CT molecular complexity index is 936. The molecule has 0 saturated carbocycles. The number of phenolic OH excluding ortho intramolecular Hbond substituents is 2. The first-order valence-corrected chi connectivity index (χ1v) is 9.18. The van der Waals surface area contributed by atoms with Gasteiger partial charge in [-0.15, -0.1) is 24.8 Å². The van der Waals surface area contributed by atoms with E-state index in [-0.39, 0.29) is 42.7 Å². The number of carbonyl (C=O) groups excluding carboxylic acids is 1. The number of hydrogen-bond donors (Lipinski definition) is 2. The summed E-state index contributed by atoms with van der Waals surface area (Å²) in [5.41, 5.74) is 0.223. The number of aromatic hydroxyl groups is 2. The highest BCUT2D eigenvalue weighted by Crippen LogP contribution is 2.36. The molecule has 0 aromatic heterocycles. The quantitative estimate of drug-likeness (QED) is 0.276. The van der Waals surface area contributed by atoms with Crippen LogP contribution in [0.3, 0.4) is 0 Å². The summed E-state index contributed by atoms with van der Waals surface area (Å²) < 4.78 is 0. The van der Waals surface area contributed by atoms with Gasteiger partial charge in [-0.2, -0.15) is 0 Å². The highest BCUT2D eigenvalue weighted by atomic mass is 35.5. The van der Waals surface area contributed by atoms with E-state index in [0.29, 0.717) is 36.2 Å². The molecule has 3 rings (SSSR count). The number of piperazine rings is 1. The monoisotopic (exact) mass is 497 g/mol. The fourth-order valence-corrected chi connectivity index (χ4v) is 3.34. The number of phenols is 2. The highest BCUT2D eigenvalue weighted by molar-refractivity contribution is 6.42. The summed E-state index contributed by atoms with van der Waals surface area (Å²) in [4.78, 5) is 26.6. The molecular formula is C18H19Cl4N3O5. The van der Waals surface area contributed by atoms with Crippen LogP contribution in [0.15, 0.2) is 30.3 Å². The number of nitrogens with zero attached hydrogens (tertiary/aromatic N) is 3. The van der Waals surface area contributed by atoms with Gasteiger partial charge >= 0.3 is 5.69 Å². The van der Waals surface area contributed by atoms with Gasteiger partial charge in [0, 0.05) is 43.5 Å². The summed E-state index contributed by atoms with van der Waals surface area (Å²) in [5.74, 6) is -1.92. The lowest BCUT2D eigenvalue weighted by molar-refractivity contribution is -0.386. The van der Waals surface area contributed by atoms with Crippen LogP contribution in [0.2, 0.25) is 10.0 Å². The van der Waals surface area contributed by atoms with E-state index in [2.05, 4.69) is 4.90 Å². The molecular weight excluding hydrogens is 480 g/mol. The van der Waals surface area contributed by atoms with E-state index < -0.39 is 22.1 Å². The van der Waals surface area contributed by atoms with Gasteiger partial charge in [0.1, 0.15) is 0 Å². The van der Waals surface area contributed by atoms with Crippen LogP contribution in [-0.2, 0) is 0 Å². The molecule has 1 fully saturated rings. The second-order valence-electron chi connectivity index (χ2n) is 6.40. The zero-order chi connectivity index (χ0) is 20.4. The number of nitro groups is 1. The third-order valence-electron chi connectivity index (χ3n) is 4.60. The van der Waals surface area contributed by atoms with Gasteiger partial charge in [-0.3, -0.25) is 19.8 Å². The average Bonchev–Trinajstić information content (AvgIpc) is 2.66. The predicted molar refractivity (Wildman–Crippen MR) is 120 cm³/mol. The first-order chi connectivity index (χ1) is 13.3.